The number of ether oxygens (including phenoxy) is 1. The van der Waals surface area contributed by atoms with Crippen molar-refractivity contribution >= 4 is 5.78 Å². The molecule has 1 N–H and O–H groups in total. The van der Waals surface area contributed by atoms with Crippen LogP contribution in [-0.4, -0.2) is 28.2 Å². The fraction of sp³-hybridized carbons (Fsp3) is 0.722. The van der Waals surface area contributed by atoms with Crippen LogP contribution in [0.25, 0.3) is 0 Å². The van der Waals surface area contributed by atoms with Crippen molar-refractivity contribution in [2.75, 3.05) is 0 Å². The summed E-state index contributed by atoms with van der Waals surface area (Å²) >= 11 is 0. The molecular weight excluding hydrogens is 264 g/mol. The van der Waals surface area contributed by atoms with E-state index in [1.807, 2.05) is 46.8 Å². The summed E-state index contributed by atoms with van der Waals surface area (Å²) in [5, 5.41) is 11.3. The molecule has 0 aromatic rings. The van der Waals surface area contributed by atoms with Crippen molar-refractivity contribution in [1.82, 2.24) is 0 Å². The standard InChI is InChI=1S/C18H28O3/c1-11(2)9-12-10-17(15(3,4)5)14(21-17)18(20,13(12)19)16(6,7)8/h9-10,14,20H,1-8H3. The normalized spacial score (nSPS) is 36.0. The van der Waals surface area contributed by atoms with Crippen LogP contribution in [0.3, 0.4) is 0 Å². The van der Waals surface area contributed by atoms with Crippen molar-refractivity contribution in [3.05, 3.63) is 23.3 Å². The molecule has 21 heavy (non-hydrogen) atoms. The van der Waals surface area contributed by atoms with Gasteiger partial charge in [0.15, 0.2) is 11.4 Å². The Bertz CT molecular complexity index is 538. The molecule has 1 saturated heterocycles. The average molecular weight is 292 g/mol. The van der Waals surface area contributed by atoms with Crippen molar-refractivity contribution in [2.24, 2.45) is 10.8 Å². The summed E-state index contributed by atoms with van der Waals surface area (Å²) in [5.41, 5.74) is -1.22. The zero-order chi connectivity index (χ0) is 16.4. The maximum Gasteiger partial charge on any atom is 0.197 e. The van der Waals surface area contributed by atoms with Crippen LogP contribution in [0.2, 0.25) is 0 Å². The van der Waals surface area contributed by atoms with E-state index in [1.165, 1.54) is 0 Å². The van der Waals surface area contributed by atoms with Crippen LogP contribution in [0.5, 0.6) is 0 Å². The van der Waals surface area contributed by atoms with Gasteiger partial charge in [0.1, 0.15) is 11.7 Å². The van der Waals surface area contributed by atoms with Gasteiger partial charge in [-0.2, -0.15) is 0 Å². The predicted octanol–water partition coefficient (Wildman–Crippen LogP) is 3.42. The first kappa shape index (κ1) is 16.4. The third kappa shape index (κ3) is 2.13. The third-order valence-corrected chi connectivity index (χ3v) is 4.76. The molecule has 3 nitrogen and oxygen atoms in total. The molecule has 0 aromatic heterocycles. The monoisotopic (exact) mass is 292 g/mol. The smallest absolute Gasteiger partial charge is 0.197 e. The highest BCUT2D eigenvalue weighted by Crippen LogP contribution is 2.62. The zero-order valence-corrected chi connectivity index (χ0v) is 14.5. The lowest BCUT2D eigenvalue weighted by Crippen LogP contribution is -2.60. The van der Waals surface area contributed by atoms with E-state index < -0.39 is 22.7 Å². The molecule has 1 fully saturated rings. The summed E-state index contributed by atoms with van der Waals surface area (Å²) in [7, 11) is 0. The van der Waals surface area contributed by atoms with Gasteiger partial charge in [0, 0.05) is 11.0 Å². The van der Waals surface area contributed by atoms with Crippen LogP contribution in [0.15, 0.2) is 23.3 Å². The van der Waals surface area contributed by atoms with Crippen LogP contribution in [-0.2, 0) is 9.53 Å². The van der Waals surface area contributed by atoms with Crippen LogP contribution in [0.4, 0.5) is 0 Å². The first-order valence-corrected chi connectivity index (χ1v) is 7.60. The van der Waals surface area contributed by atoms with Gasteiger partial charge in [-0.1, -0.05) is 53.2 Å². The first-order valence-electron chi connectivity index (χ1n) is 7.60. The van der Waals surface area contributed by atoms with Crippen LogP contribution in [0, 0.1) is 10.8 Å². The third-order valence-electron chi connectivity index (χ3n) is 4.76. The van der Waals surface area contributed by atoms with Gasteiger partial charge >= 0.3 is 0 Å². The first-order chi connectivity index (χ1) is 9.27. The highest BCUT2D eigenvalue weighted by atomic mass is 16.6. The number of rotatable bonds is 1. The van der Waals surface area contributed by atoms with E-state index in [4.69, 9.17) is 4.74 Å². The second kappa shape index (κ2) is 4.30. The Kier molecular flexibility index (Phi) is 3.36. The van der Waals surface area contributed by atoms with E-state index in [9.17, 15) is 9.90 Å². The summed E-state index contributed by atoms with van der Waals surface area (Å²) in [6.07, 6.45) is 3.31. The second-order valence-corrected chi connectivity index (χ2v) is 8.71. The fourth-order valence-corrected chi connectivity index (χ4v) is 3.24. The molecule has 0 saturated carbocycles. The van der Waals surface area contributed by atoms with Gasteiger partial charge in [-0.25, -0.2) is 0 Å². The number of allylic oxidation sites excluding steroid dienone is 2. The van der Waals surface area contributed by atoms with Gasteiger partial charge in [-0.3, -0.25) is 4.79 Å². The number of fused-ring (bicyclic) bond motifs is 1. The number of Topliss-reactive ketones (excluding diaryl/α,β-unsaturated/α-hetero) is 1. The lowest BCUT2D eigenvalue weighted by Gasteiger charge is -2.42. The Hall–Kier alpha value is -0.930. The summed E-state index contributed by atoms with van der Waals surface area (Å²) in [6, 6.07) is 0. The van der Waals surface area contributed by atoms with E-state index in [1.54, 1.807) is 0 Å². The SMILES string of the molecule is CC(C)=CC1=CC2(C(C)(C)C)OC2C(O)(C(C)(C)C)C1=O. The summed E-state index contributed by atoms with van der Waals surface area (Å²) < 4.78 is 5.98. The highest BCUT2D eigenvalue weighted by molar-refractivity contribution is 6.07. The van der Waals surface area contributed by atoms with Gasteiger partial charge in [0.2, 0.25) is 0 Å². The predicted molar refractivity (Wildman–Crippen MR) is 84.0 cm³/mol. The Labute approximate surface area is 128 Å². The minimum atomic E-state index is -1.49. The quantitative estimate of drug-likeness (QED) is 0.753. The van der Waals surface area contributed by atoms with E-state index in [-0.39, 0.29) is 11.2 Å². The lowest BCUT2D eigenvalue weighted by molar-refractivity contribution is -0.149. The van der Waals surface area contributed by atoms with Gasteiger partial charge in [-0.05, 0) is 25.3 Å². The molecule has 3 atom stereocenters. The van der Waals surface area contributed by atoms with Gasteiger partial charge in [0.05, 0.1) is 0 Å². The Morgan fingerprint density at radius 2 is 1.71 bits per heavy atom. The van der Waals surface area contributed by atoms with Crippen molar-refractivity contribution in [3.8, 4) is 0 Å². The largest absolute Gasteiger partial charge is 0.378 e. The number of carbonyl (C=O) groups excluding carboxylic acids is 1. The van der Waals surface area contributed by atoms with E-state index >= 15 is 0 Å². The molecule has 1 aliphatic heterocycles. The van der Waals surface area contributed by atoms with Gasteiger partial charge in [-0.15, -0.1) is 0 Å². The molecule has 0 spiro atoms. The molecule has 3 heteroatoms. The van der Waals surface area contributed by atoms with Gasteiger partial charge in [0.25, 0.3) is 0 Å². The molecule has 118 valence electrons. The number of epoxide rings is 1. The van der Waals surface area contributed by atoms with Gasteiger partial charge < -0.3 is 9.84 Å². The average Bonchev–Trinajstić information content (AvgIpc) is 2.98. The maximum atomic E-state index is 12.9. The van der Waals surface area contributed by atoms with Crippen molar-refractivity contribution < 1.29 is 14.6 Å². The number of hydrogen-bond donors (Lipinski definition) is 1. The second-order valence-electron chi connectivity index (χ2n) is 8.71. The molecule has 0 bridgehead atoms. The molecule has 1 aliphatic carbocycles. The van der Waals surface area contributed by atoms with Crippen molar-refractivity contribution in [2.45, 2.75) is 72.7 Å². The molecular formula is C18H28O3. The molecule has 0 radical (unpaired) electrons. The Balaban J connectivity index is 2.65. The van der Waals surface area contributed by atoms with Crippen LogP contribution < -0.4 is 0 Å². The number of ketones is 1. The summed E-state index contributed by atoms with van der Waals surface area (Å²) in [4.78, 5) is 12.9. The van der Waals surface area contributed by atoms with E-state index in [2.05, 4.69) is 20.8 Å². The zero-order valence-electron chi connectivity index (χ0n) is 14.5. The van der Waals surface area contributed by atoms with E-state index in [0.717, 1.165) is 5.57 Å². The number of hydrogen-bond acceptors (Lipinski definition) is 3. The molecule has 2 aliphatic rings. The van der Waals surface area contributed by atoms with Crippen LogP contribution in [0.1, 0.15) is 55.4 Å². The van der Waals surface area contributed by atoms with E-state index in [0.29, 0.717) is 5.57 Å². The molecule has 0 aromatic carbocycles. The summed E-state index contributed by atoms with van der Waals surface area (Å²) in [6.45, 7) is 15.8. The topological polar surface area (TPSA) is 49.8 Å². The Morgan fingerprint density at radius 3 is 2.10 bits per heavy atom. The molecule has 0 amide bonds. The number of carbonyl (C=O) groups is 1. The minimum Gasteiger partial charge on any atom is -0.378 e. The minimum absolute atomic E-state index is 0.182. The fourth-order valence-electron chi connectivity index (χ4n) is 3.24. The maximum absolute atomic E-state index is 12.9. The number of aliphatic hydroxyl groups is 1. The van der Waals surface area contributed by atoms with Crippen LogP contribution >= 0.6 is 0 Å². The Morgan fingerprint density at radius 1 is 1.19 bits per heavy atom. The summed E-state index contributed by atoms with van der Waals surface area (Å²) in [5.74, 6) is -0.224. The van der Waals surface area contributed by atoms with Crippen molar-refractivity contribution in [1.29, 1.82) is 0 Å². The highest BCUT2D eigenvalue weighted by Gasteiger charge is 2.76. The van der Waals surface area contributed by atoms with Crippen molar-refractivity contribution in [3.63, 3.8) is 0 Å². The lowest BCUT2D eigenvalue weighted by atomic mass is 9.60. The molecule has 2 rings (SSSR count). The molecule has 3 unspecified atom stereocenters. The molecule has 1 heterocycles.